The van der Waals surface area contributed by atoms with Gasteiger partial charge >= 0.3 is 0 Å². The molecule has 0 saturated carbocycles. The van der Waals surface area contributed by atoms with Crippen LogP contribution >= 0.6 is 0 Å². The first-order valence-electron chi connectivity index (χ1n) is 5.70. The van der Waals surface area contributed by atoms with Crippen molar-refractivity contribution in [2.45, 2.75) is 58.1 Å². The molecule has 1 aliphatic rings. The Bertz CT molecular complexity index is 138. The van der Waals surface area contributed by atoms with Crippen molar-refractivity contribution in [2.24, 2.45) is 0 Å². The molecule has 2 heteroatoms. The number of nitrogens with zero attached hydrogens (tertiary/aromatic N) is 1. The summed E-state index contributed by atoms with van der Waals surface area (Å²) in [7, 11) is 0. The molecule has 1 rings (SSSR count). The van der Waals surface area contributed by atoms with Crippen LogP contribution in [0.1, 0.15) is 46.0 Å². The molecule has 0 spiro atoms. The molecule has 1 N–H and O–H groups in total. The average molecular weight is 185 g/mol. The molecule has 78 valence electrons. The molecular weight excluding hydrogens is 162 g/mol. The number of aliphatic hydroxyl groups is 1. The third-order valence-electron chi connectivity index (χ3n) is 2.91. The van der Waals surface area contributed by atoms with E-state index in [1.165, 1.54) is 25.7 Å². The highest BCUT2D eigenvalue weighted by Crippen LogP contribution is 2.22. The molecule has 0 radical (unpaired) electrons. The Balaban J connectivity index is 2.31. The lowest BCUT2D eigenvalue weighted by atomic mass is 10.1. The topological polar surface area (TPSA) is 23.5 Å². The zero-order valence-electron chi connectivity index (χ0n) is 9.00. The Morgan fingerprint density at radius 1 is 1.31 bits per heavy atom. The van der Waals surface area contributed by atoms with E-state index in [0.717, 1.165) is 19.5 Å². The van der Waals surface area contributed by atoms with Gasteiger partial charge in [0.1, 0.15) is 0 Å². The van der Waals surface area contributed by atoms with E-state index in [-0.39, 0.29) is 6.10 Å². The second-order valence-corrected chi connectivity index (χ2v) is 4.18. The summed E-state index contributed by atoms with van der Waals surface area (Å²) in [6.07, 6.45) is 5.99. The van der Waals surface area contributed by atoms with E-state index >= 15 is 0 Å². The predicted octanol–water partition coefficient (Wildman–Crippen LogP) is 2.02. The van der Waals surface area contributed by atoms with Crippen LogP contribution in [0.4, 0.5) is 0 Å². The standard InChI is InChI=1S/C11H23NO/c1-3-5-6-10-8-11(13)9-12(10)7-4-2/h10-11,13H,3-9H2,1-2H3/t10-,11+/m0/s1. The molecule has 1 saturated heterocycles. The van der Waals surface area contributed by atoms with Crippen molar-refractivity contribution < 1.29 is 5.11 Å². The summed E-state index contributed by atoms with van der Waals surface area (Å²) in [4.78, 5) is 2.46. The maximum Gasteiger partial charge on any atom is 0.0682 e. The van der Waals surface area contributed by atoms with Gasteiger partial charge in [0.05, 0.1) is 6.10 Å². The second kappa shape index (κ2) is 5.61. The molecule has 2 atom stereocenters. The monoisotopic (exact) mass is 185 g/mol. The molecule has 0 unspecified atom stereocenters. The van der Waals surface area contributed by atoms with Crippen LogP contribution in [0.2, 0.25) is 0 Å². The van der Waals surface area contributed by atoms with Crippen molar-refractivity contribution >= 4 is 0 Å². The number of unbranched alkanes of at least 4 members (excludes halogenated alkanes) is 1. The van der Waals surface area contributed by atoms with E-state index in [4.69, 9.17) is 0 Å². The molecule has 13 heavy (non-hydrogen) atoms. The fourth-order valence-corrected chi connectivity index (χ4v) is 2.26. The molecule has 1 heterocycles. The number of hydrogen-bond acceptors (Lipinski definition) is 2. The summed E-state index contributed by atoms with van der Waals surface area (Å²) < 4.78 is 0. The Kier molecular flexibility index (Phi) is 4.74. The van der Waals surface area contributed by atoms with Crippen molar-refractivity contribution in [1.29, 1.82) is 0 Å². The van der Waals surface area contributed by atoms with Crippen LogP contribution in [0.5, 0.6) is 0 Å². The Labute approximate surface area is 81.9 Å². The highest BCUT2D eigenvalue weighted by atomic mass is 16.3. The van der Waals surface area contributed by atoms with E-state index in [9.17, 15) is 5.11 Å². The van der Waals surface area contributed by atoms with Gasteiger partial charge in [0.25, 0.3) is 0 Å². The van der Waals surface area contributed by atoms with Crippen molar-refractivity contribution in [3.05, 3.63) is 0 Å². The number of aliphatic hydroxyl groups excluding tert-OH is 1. The molecule has 0 amide bonds. The summed E-state index contributed by atoms with van der Waals surface area (Å²) in [5, 5.41) is 9.55. The van der Waals surface area contributed by atoms with Gasteiger partial charge in [-0.2, -0.15) is 0 Å². The van der Waals surface area contributed by atoms with Gasteiger partial charge in [0, 0.05) is 12.6 Å². The zero-order valence-corrected chi connectivity index (χ0v) is 9.00. The smallest absolute Gasteiger partial charge is 0.0682 e. The highest BCUT2D eigenvalue weighted by Gasteiger charge is 2.29. The Morgan fingerprint density at radius 3 is 2.69 bits per heavy atom. The Morgan fingerprint density at radius 2 is 2.08 bits per heavy atom. The van der Waals surface area contributed by atoms with E-state index in [1.807, 2.05) is 0 Å². The van der Waals surface area contributed by atoms with Gasteiger partial charge in [-0.3, -0.25) is 4.90 Å². The maximum atomic E-state index is 9.55. The summed E-state index contributed by atoms with van der Waals surface area (Å²) in [6.45, 7) is 6.50. The van der Waals surface area contributed by atoms with Gasteiger partial charge in [-0.15, -0.1) is 0 Å². The van der Waals surface area contributed by atoms with Gasteiger partial charge in [-0.25, -0.2) is 0 Å². The molecule has 1 aliphatic heterocycles. The van der Waals surface area contributed by atoms with Gasteiger partial charge in [0.2, 0.25) is 0 Å². The number of rotatable bonds is 5. The first-order valence-corrected chi connectivity index (χ1v) is 5.70. The van der Waals surface area contributed by atoms with E-state index < -0.39 is 0 Å². The average Bonchev–Trinajstić information content (AvgIpc) is 2.44. The van der Waals surface area contributed by atoms with Crippen molar-refractivity contribution in [3.63, 3.8) is 0 Å². The summed E-state index contributed by atoms with van der Waals surface area (Å²) >= 11 is 0. The van der Waals surface area contributed by atoms with E-state index in [0.29, 0.717) is 6.04 Å². The fourth-order valence-electron chi connectivity index (χ4n) is 2.26. The third kappa shape index (κ3) is 3.28. The van der Waals surface area contributed by atoms with Crippen LogP contribution in [0.15, 0.2) is 0 Å². The SMILES string of the molecule is CCCC[C@H]1C[C@@H](O)CN1CCC. The molecular formula is C11H23NO. The lowest BCUT2D eigenvalue weighted by Crippen LogP contribution is -2.30. The zero-order chi connectivity index (χ0) is 9.68. The van der Waals surface area contributed by atoms with Crippen LogP contribution in [0.25, 0.3) is 0 Å². The van der Waals surface area contributed by atoms with Crippen LogP contribution < -0.4 is 0 Å². The van der Waals surface area contributed by atoms with Crippen molar-refractivity contribution in [1.82, 2.24) is 4.90 Å². The predicted molar refractivity (Wildman–Crippen MR) is 55.8 cm³/mol. The van der Waals surface area contributed by atoms with Crippen LogP contribution in [-0.2, 0) is 0 Å². The van der Waals surface area contributed by atoms with E-state index in [1.54, 1.807) is 0 Å². The number of β-amino-alcohol motifs (C(OH)–C–C–N with tert-alkyl or cyclic N) is 1. The molecule has 1 fully saturated rings. The second-order valence-electron chi connectivity index (χ2n) is 4.18. The van der Waals surface area contributed by atoms with Crippen LogP contribution in [-0.4, -0.2) is 35.2 Å². The minimum Gasteiger partial charge on any atom is -0.392 e. The molecule has 0 aromatic heterocycles. The maximum absolute atomic E-state index is 9.55. The van der Waals surface area contributed by atoms with Gasteiger partial charge in [-0.1, -0.05) is 26.7 Å². The molecule has 0 aromatic carbocycles. The number of likely N-dealkylation sites (tertiary alicyclic amines) is 1. The fraction of sp³-hybridized carbons (Fsp3) is 1.00. The third-order valence-corrected chi connectivity index (χ3v) is 2.91. The van der Waals surface area contributed by atoms with Crippen LogP contribution in [0.3, 0.4) is 0 Å². The van der Waals surface area contributed by atoms with Gasteiger partial charge in [-0.05, 0) is 25.8 Å². The largest absolute Gasteiger partial charge is 0.392 e. The molecule has 0 bridgehead atoms. The van der Waals surface area contributed by atoms with Crippen molar-refractivity contribution in [2.75, 3.05) is 13.1 Å². The molecule has 0 aliphatic carbocycles. The Hall–Kier alpha value is -0.0800. The molecule has 2 nitrogen and oxygen atoms in total. The summed E-state index contributed by atoms with van der Waals surface area (Å²) in [5.41, 5.74) is 0. The molecule has 0 aromatic rings. The minimum atomic E-state index is -0.0617. The van der Waals surface area contributed by atoms with Crippen molar-refractivity contribution in [3.8, 4) is 0 Å². The quantitative estimate of drug-likeness (QED) is 0.708. The summed E-state index contributed by atoms with van der Waals surface area (Å²) in [6, 6.07) is 0.662. The lowest BCUT2D eigenvalue weighted by Gasteiger charge is -2.23. The minimum absolute atomic E-state index is 0.0617. The van der Waals surface area contributed by atoms with Crippen LogP contribution in [0, 0.1) is 0 Å². The van der Waals surface area contributed by atoms with Gasteiger partial charge < -0.3 is 5.11 Å². The highest BCUT2D eigenvalue weighted by molar-refractivity contribution is 4.84. The number of hydrogen-bond donors (Lipinski definition) is 1. The van der Waals surface area contributed by atoms with Gasteiger partial charge in [0.15, 0.2) is 0 Å². The summed E-state index contributed by atoms with van der Waals surface area (Å²) in [5.74, 6) is 0. The normalized spacial score (nSPS) is 29.8. The van der Waals surface area contributed by atoms with E-state index in [2.05, 4.69) is 18.7 Å². The first kappa shape index (κ1) is 11.0. The lowest BCUT2D eigenvalue weighted by molar-refractivity contribution is 0.174. The first-order chi connectivity index (χ1) is 6.27.